The lowest BCUT2D eigenvalue weighted by Gasteiger charge is -2.23. The third-order valence-corrected chi connectivity index (χ3v) is 2.47. The lowest BCUT2D eigenvalue weighted by Crippen LogP contribution is -2.41. The summed E-state index contributed by atoms with van der Waals surface area (Å²) in [5.74, 6) is -0.956. The number of rotatable bonds is 5. The van der Waals surface area contributed by atoms with Gasteiger partial charge in [0.15, 0.2) is 0 Å². The van der Waals surface area contributed by atoms with E-state index in [1.54, 1.807) is 20.8 Å². The lowest BCUT2D eigenvalue weighted by molar-refractivity contribution is -0.137. The minimum Gasteiger partial charge on any atom is -0.481 e. The van der Waals surface area contributed by atoms with E-state index >= 15 is 0 Å². The van der Waals surface area contributed by atoms with Crippen molar-refractivity contribution in [1.82, 2.24) is 5.32 Å². The van der Waals surface area contributed by atoms with Gasteiger partial charge >= 0.3 is 12.1 Å². The quantitative estimate of drug-likeness (QED) is 0.871. The molecule has 1 rings (SSSR count). The Morgan fingerprint density at radius 3 is 2.18 bits per heavy atom. The Kier molecular flexibility index (Phi) is 8.91. The summed E-state index contributed by atoms with van der Waals surface area (Å²) in [6.45, 7) is 9.28. The number of nitrogens with one attached hydrogen (secondary N) is 1. The van der Waals surface area contributed by atoms with Gasteiger partial charge in [-0.2, -0.15) is 0 Å². The Labute approximate surface area is 132 Å². The molecule has 0 saturated heterocycles. The molecule has 1 aromatic rings. The van der Waals surface area contributed by atoms with Crippen LogP contribution in [0.2, 0.25) is 0 Å². The first-order valence-electron chi connectivity index (χ1n) is 7.51. The van der Waals surface area contributed by atoms with Gasteiger partial charge in [-0.15, -0.1) is 0 Å². The van der Waals surface area contributed by atoms with Gasteiger partial charge in [0.2, 0.25) is 0 Å². The number of aliphatic carboxylic acids is 1. The van der Waals surface area contributed by atoms with Crippen molar-refractivity contribution in [3.8, 4) is 0 Å². The smallest absolute Gasteiger partial charge is 0.407 e. The van der Waals surface area contributed by atoms with Gasteiger partial charge in [0.1, 0.15) is 5.60 Å². The van der Waals surface area contributed by atoms with E-state index in [4.69, 9.17) is 9.84 Å². The van der Waals surface area contributed by atoms with Crippen molar-refractivity contribution in [2.75, 3.05) is 0 Å². The van der Waals surface area contributed by atoms with Gasteiger partial charge in [-0.1, -0.05) is 44.2 Å². The monoisotopic (exact) mass is 309 g/mol. The first-order valence-corrected chi connectivity index (χ1v) is 7.51. The molecule has 5 heteroatoms. The Hall–Kier alpha value is -2.04. The maximum Gasteiger partial charge on any atom is 0.407 e. The van der Waals surface area contributed by atoms with Gasteiger partial charge in [-0.25, -0.2) is 4.79 Å². The van der Waals surface area contributed by atoms with E-state index in [2.05, 4.69) is 5.32 Å². The predicted molar refractivity (Wildman–Crippen MR) is 86.9 cm³/mol. The third kappa shape index (κ3) is 9.80. The molecule has 0 spiro atoms. The molecule has 1 atom stereocenters. The van der Waals surface area contributed by atoms with Crippen LogP contribution in [0.15, 0.2) is 30.3 Å². The summed E-state index contributed by atoms with van der Waals surface area (Å²) in [5.41, 5.74) is 0.361. The number of carbonyl (C=O) groups is 2. The van der Waals surface area contributed by atoms with Crippen LogP contribution < -0.4 is 5.32 Å². The molecule has 22 heavy (non-hydrogen) atoms. The Balaban J connectivity index is 0.00000211. The molecule has 0 aliphatic rings. The molecule has 0 bridgehead atoms. The second kappa shape index (κ2) is 9.82. The molecule has 1 aromatic carbocycles. The Morgan fingerprint density at radius 1 is 1.18 bits per heavy atom. The Morgan fingerprint density at radius 2 is 1.73 bits per heavy atom. The zero-order valence-electron chi connectivity index (χ0n) is 14.1. The van der Waals surface area contributed by atoms with E-state index in [1.807, 2.05) is 44.2 Å². The molecule has 2 N–H and O–H groups in total. The van der Waals surface area contributed by atoms with Crippen molar-refractivity contribution in [3.05, 3.63) is 35.9 Å². The van der Waals surface area contributed by atoms with Crippen molar-refractivity contribution in [1.29, 1.82) is 0 Å². The van der Waals surface area contributed by atoms with E-state index in [0.29, 0.717) is 6.42 Å². The molecule has 0 heterocycles. The summed E-state index contributed by atoms with van der Waals surface area (Å²) >= 11 is 0. The third-order valence-electron chi connectivity index (χ3n) is 2.47. The zero-order valence-corrected chi connectivity index (χ0v) is 14.1. The van der Waals surface area contributed by atoms with E-state index in [1.165, 1.54) is 0 Å². The highest BCUT2D eigenvalue weighted by molar-refractivity contribution is 5.71. The van der Waals surface area contributed by atoms with Crippen molar-refractivity contribution in [2.45, 2.75) is 59.1 Å². The van der Waals surface area contributed by atoms with E-state index < -0.39 is 23.7 Å². The summed E-state index contributed by atoms with van der Waals surface area (Å²) in [4.78, 5) is 22.6. The van der Waals surface area contributed by atoms with Gasteiger partial charge in [-0.05, 0) is 32.8 Å². The average Bonchev–Trinajstić information content (AvgIpc) is 2.39. The predicted octanol–water partition coefficient (Wildman–Crippen LogP) is 3.62. The molecule has 0 unspecified atom stereocenters. The van der Waals surface area contributed by atoms with Gasteiger partial charge in [-0.3, -0.25) is 4.79 Å². The van der Waals surface area contributed by atoms with Crippen LogP contribution in [0.1, 0.15) is 46.6 Å². The molecule has 0 aliphatic carbocycles. The second-order valence-corrected chi connectivity index (χ2v) is 5.63. The second-order valence-electron chi connectivity index (χ2n) is 5.63. The van der Waals surface area contributed by atoms with Crippen molar-refractivity contribution < 1.29 is 19.4 Å². The van der Waals surface area contributed by atoms with E-state index in [0.717, 1.165) is 5.56 Å². The maximum atomic E-state index is 11.7. The zero-order chi connectivity index (χ0) is 17.2. The van der Waals surface area contributed by atoms with Crippen LogP contribution in [0.3, 0.4) is 0 Å². The summed E-state index contributed by atoms with van der Waals surface area (Å²) < 4.78 is 5.14. The number of ether oxygens (including phenoxy) is 1. The molecule has 1 amide bonds. The van der Waals surface area contributed by atoms with Gasteiger partial charge in [0.05, 0.1) is 6.42 Å². The summed E-state index contributed by atoms with van der Waals surface area (Å²) in [6, 6.07) is 8.93. The molecule has 0 aromatic heterocycles. The molecular weight excluding hydrogens is 282 g/mol. The van der Waals surface area contributed by atoms with Crippen LogP contribution in [0.4, 0.5) is 4.79 Å². The number of amides is 1. The van der Waals surface area contributed by atoms with E-state index in [9.17, 15) is 9.59 Å². The molecule has 0 radical (unpaired) electrons. The van der Waals surface area contributed by atoms with Crippen LogP contribution in [0, 0.1) is 0 Å². The molecule has 124 valence electrons. The van der Waals surface area contributed by atoms with Gasteiger partial charge in [0, 0.05) is 6.04 Å². The molecular formula is C17H27NO4. The lowest BCUT2D eigenvalue weighted by atomic mass is 10.0. The van der Waals surface area contributed by atoms with Crippen LogP contribution in [-0.2, 0) is 16.0 Å². The summed E-state index contributed by atoms with van der Waals surface area (Å²) in [5, 5.41) is 11.5. The minimum absolute atomic E-state index is 0.145. The highest BCUT2D eigenvalue weighted by Gasteiger charge is 2.21. The normalized spacial score (nSPS) is 11.7. The molecule has 0 saturated carbocycles. The highest BCUT2D eigenvalue weighted by Crippen LogP contribution is 2.10. The number of alkyl carbamates (subject to hydrolysis) is 1. The van der Waals surface area contributed by atoms with Crippen molar-refractivity contribution >= 4 is 12.1 Å². The fraction of sp³-hybridized carbons (Fsp3) is 0.529. The summed E-state index contributed by atoms with van der Waals surface area (Å²) in [7, 11) is 0. The van der Waals surface area contributed by atoms with Crippen LogP contribution in [-0.4, -0.2) is 28.8 Å². The number of carboxylic acid groups (broad SMARTS) is 1. The summed E-state index contributed by atoms with van der Waals surface area (Å²) in [6.07, 6.45) is -0.291. The number of hydrogen-bond donors (Lipinski definition) is 2. The highest BCUT2D eigenvalue weighted by atomic mass is 16.6. The van der Waals surface area contributed by atoms with Crippen molar-refractivity contribution in [2.24, 2.45) is 0 Å². The topological polar surface area (TPSA) is 75.6 Å². The molecule has 0 aliphatic heterocycles. The fourth-order valence-electron chi connectivity index (χ4n) is 1.76. The fourth-order valence-corrected chi connectivity index (χ4v) is 1.76. The number of benzene rings is 1. The van der Waals surface area contributed by atoms with Crippen molar-refractivity contribution in [3.63, 3.8) is 0 Å². The number of hydrogen-bond acceptors (Lipinski definition) is 3. The first kappa shape index (κ1) is 20.0. The van der Waals surface area contributed by atoms with Crippen LogP contribution >= 0.6 is 0 Å². The minimum atomic E-state index is -0.956. The molecule has 5 nitrogen and oxygen atoms in total. The average molecular weight is 309 g/mol. The maximum absolute atomic E-state index is 11.7. The Bertz CT molecular complexity index is 451. The van der Waals surface area contributed by atoms with Gasteiger partial charge < -0.3 is 15.2 Å². The van der Waals surface area contributed by atoms with Crippen LogP contribution in [0.25, 0.3) is 0 Å². The first-order chi connectivity index (χ1) is 10.3. The number of carboxylic acids is 1. The van der Waals surface area contributed by atoms with Crippen LogP contribution in [0.5, 0.6) is 0 Å². The number of carbonyl (C=O) groups excluding carboxylic acids is 1. The van der Waals surface area contributed by atoms with Gasteiger partial charge in [0.25, 0.3) is 0 Å². The standard InChI is InChI=1S/C15H21NO4.C2H6/c1-15(2,3)20-14(19)16-12(10-13(17)18)9-11-7-5-4-6-8-11;1-2/h4-8,12H,9-10H2,1-3H3,(H,16,19)(H,17,18);1-2H3/t12-;/m1./s1. The molecule has 0 fully saturated rings. The van der Waals surface area contributed by atoms with E-state index in [-0.39, 0.29) is 6.42 Å². The largest absolute Gasteiger partial charge is 0.481 e. The SMILES string of the molecule is CC.CC(C)(C)OC(=O)N[C@@H](CC(=O)O)Cc1ccccc1.